The van der Waals surface area contributed by atoms with E-state index >= 15 is 0 Å². The molecule has 0 aromatic carbocycles. The molecule has 2 fully saturated rings. The first-order valence-corrected chi connectivity index (χ1v) is 12.9. The second-order valence-electron chi connectivity index (χ2n) is 8.50. The van der Waals surface area contributed by atoms with Crippen molar-refractivity contribution in [3.05, 3.63) is 31.9 Å². The lowest BCUT2D eigenvalue weighted by atomic mass is 9.96. The fourth-order valence-electron chi connectivity index (χ4n) is 4.44. The van der Waals surface area contributed by atoms with Gasteiger partial charge in [0.15, 0.2) is 0 Å². The van der Waals surface area contributed by atoms with Gasteiger partial charge in [0.2, 0.25) is 0 Å². The zero-order valence-electron chi connectivity index (χ0n) is 20.4. The van der Waals surface area contributed by atoms with Crippen molar-refractivity contribution in [3.63, 3.8) is 0 Å². The average molecular weight is 533 g/mol. The average Bonchev–Trinajstić information content (AvgIpc) is 3.09. The van der Waals surface area contributed by atoms with Crippen LogP contribution in [0.25, 0.3) is 6.08 Å². The lowest BCUT2D eigenvalue weighted by Crippen LogP contribution is -2.43. The molecule has 2 aliphatic rings. The fourth-order valence-corrected chi connectivity index (χ4v) is 5.68. The highest BCUT2D eigenvalue weighted by atomic mass is 32.2. The zero-order valence-corrected chi connectivity index (χ0v) is 22.0. The van der Waals surface area contributed by atoms with E-state index in [-0.39, 0.29) is 33.3 Å². The zero-order chi connectivity index (χ0) is 26.6. The monoisotopic (exact) mass is 532 g/mol. The van der Waals surface area contributed by atoms with Crippen LogP contribution in [0.2, 0.25) is 0 Å². The molecule has 0 spiro atoms. The largest absolute Gasteiger partial charge is 0.480 e. The molecule has 192 valence electrons. The molecule has 12 heteroatoms. The number of nitrogens with zero attached hydrogens (tertiary/aromatic N) is 4. The number of thiocarbonyl (C=S) groups is 1. The molecule has 2 saturated heterocycles. The molecule has 0 aliphatic carbocycles. The Kier molecular flexibility index (Phi) is 8.92. The number of hydrogen-bond donors (Lipinski definition) is 1. The lowest BCUT2D eigenvalue weighted by Gasteiger charge is -2.36. The van der Waals surface area contributed by atoms with Crippen LogP contribution in [0.3, 0.4) is 0 Å². The minimum absolute atomic E-state index is 0.0292. The highest BCUT2D eigenvalue weighted by molar-refractivity contribution is 8.26. The van der Waals surface area contributed by atoms with E-state index in [2.05, 4.69) is 0 Å². The lowest BCUT2D eigenvalue weighted by molar-refractivity contribution is -0.148. The molecule has 1 aromatic heterocycles. The Bertz CT molecular complexity index is 1230. The molecule has 36 heavy (non-hydrogen) atoms. The number of carbonyl (C=O) groups excluding carboxylic acids is 2. The van der Waals surface area contributed by atoms with E-state index in [1.54, 1.807) is 19.9 Å². The summed E-state index contributed by atoms with van der Waals surface area (Å²) in [7, 11) is 0. The number of esters is 1. The van der Waals surface area contributed by atoms with Gasteiger partial charge < -0.3 is 14.7 Å². The third-order valence-electron chi connectivity index (χ3n) is 6.08. The number of aromatic nitrogens is 1. The van der Waals surface area contributed by atoms with Gasteiger partial charge in [-0.3, -0.25) is 28.6 Å². The summed E-state index contributed by atoms with van der Waals surface area (Å²) in [5.41, 5.74) is 0.450. The summed E-state index contributed by atoms with van der Waals surface area (Å²) < 4.78 is 6.88. The summed E-state index contributed by atoms with van der Waals surface area (Å²) in [6, 6.07) is 2.00. The number of piperidine rings is 1. The Hall–Kier alpha value is -3.17. The SMILES string of the molecule is CCCn1c(N2CCCC(C(=O)OCC)C2)c(C=C2SC(=S)N(CC(=O)O)C2=O)c(C)c(C#N)c1=O. The first kappa shape index (κ1) is 27.4. The molecule has 2 aliphatic heterocycles. The Morgan fingerprint density at radius 1 is 1.33 bits per heavy atom. The van der Waals surface area contributed by atoms with Gasteiger partial charge in [-0.25, -0.2) is 0 Å². The Balaban J connectivity index is 2.20. The fraction of sp³-hybridized carbons (Fsp3) is 0.500. The number of carbonyl (C=O) groups is 3. The normalized spacial score (nSPS) is 19.1. The van der Waals surface area contributed by atoms with Crippen LogP contribution in [-0.2, 0) is 25.7 Å². The second kappa shape index (κ2) is 11.7. The van der Waals surface area contributed by atoms with Crippen molar-refractivity contribution in [1.29, 1.82) is 5.26 Å². The summed E-state index contributed by atoms with van der Waals surface area (Å²) in [6.07, 6.45) is 3.55. The van der Waals surface area contributed by atoms with Gasteiger partial charge in [-0.15, -0.1) is 0 Å². The summed E-state index contributed by atoms with van der Waals surface area (Å²) >= 11 is 6.19. The number of carboxylic acids is 1. The summed E-state index contributed by atoms with van der Waals surface area (Å²) in [5.74, 6) is -1.89. The molecule has 0 saturated carbocycles. The quantitative estimate of drug-likeness (QED) is 0.302. The van der Waals surface area contributed by atoms with E-state index < -0.39 is 24.0 Å². The molecule has 1 atom stereocenters. The maximum Gasteiger partial charge on any atom is 0.323 e. The van der Waals surface area contributed by atoms with Crippen LogP contribution in [0.1, 0.15) is 49.8 Å². The van der Waals surface area contributed by atoms with E-state index in [1.807, 2.05) is 17.9 Å². The number of rotatable bonds is 8. The predicted octanol–water partition coefficient (Wildman–Crippen LogP) is 2.50. The minimum atomic E-state index is -1.19. The van der Waals surface area contributed by atoms with Crippen LogP contribution < -0.4 is 10.5 Å². The van der Waals surface area contributed by atoms with Gasteiger partial charge in [0, 0.05) is 25.2 Å². The molecule has 1 unspecified atom stereocenters. The highest BCUT2D eigenvalue weighted by Crippen LogP contribution is 2.37. The van der Waals surface area contributed by atoms with Crippen LogP contribution in [0.4, 0.5) is 5.82 Å². The van der Waals surface area contributed by atoms with Crippen LogP contribution in [0.5, 0.6) is 0 Å². The topological polar surface area (TPSA) is 133 Å². The highest BCUT2D eigenvalue weighted by Gasteiger charge is 2.35. The standard InChI is InChI=1S/C24H28N4O6S2/c1-4-8-27-20(26-9-6-7-15(12-26)23(33)34-5-2)16(14(3)17(11-25)21(27)31)10-18-22(32)28(13-19(29)30)24(35)36-18/h10,15H,4-9,12-13H2,1-3H3,(H,29,30). The second-order valence-corrected chi connectivity index (χ2v) is 10.2. The number of pyridine rings is 1. The number of thioether (sulfide) groups is 1. The molecular weight excluding hydrogens is 504 g/mol. The molecule has 1 amide bonds. The van der Waals surface area contributed by atoms with Crippen molar-refractivity contribution in [1.82, 2.24) is 9.47 Å². The molecule has 3 heterocycles. The molecule has 0 bridgehead atoms. The number of aliphatic carboxylic acids is 1. The number of amides is 1. The number of hydrogen-bond acceptors (Lipinski definition) is 9. The van der Waals surface area contributed by atoms with Crippen LogP contribution in [-0.4, -0.2) is 63.0 Å². The third-order valence-corrected chi connectivity index (χ3v) is 7.45. The molecule has 1 aromatic rings. The molecule has 1 N–H and O–H groups in total. The number of anilines is 1. The van der Waals surface area contributed by atoms with Crippen LogP contribution >= 0.6 is 24.0 Å². The van der Waals surface area contributed by atoms with Gasteiger partial charge in [0.05, 0.1) is 17.4 Å². The van der Waals surface area contributed by atoms with E-state index in [0.29, 0.717) is 55.8 Å². The van der Waals surface area contributed by atoms with Crippen molar-refractivity contribution in [3.8, 4) is 6.07 Å². The van der Waals surface area contributed by atoms with Crippen LogP contribution in [0, 0.1) is 24.2 Å². The van der Waals surface area contributed by atoms with Crippen molar-refractivity contribution in [2.75, 3.05) is 31.1 Å². The number of ether oxygens (including phenoxy) is 1. The summed E-state index contributed by atoms with van der Waals surface area (Å²) in [6.45, 7) is 6.27. The Morgan fingerprint density at radius 2 is 2.06 bits per heavy atom. The van der Waals surface area contributed by atoms with Gasteiger partial charge in [-0.1, -0.05) is 30.9 Å². The van der Waals surface area contributed by atoms with Crippen molar-refractivity contribution < 1.29 is 24.2 Å². The summed E-state index contributed by atoms with van der Waals surface area (Å²) in [5, 5.41) is 18.9. The first-order chi connectivity index (χ1) is 17.1. The molecule has 10 nitrogen and oxygen atoms in total. The van der Waals surface area contributed by atoms with Gasteiger partial charge >= 0.3 is 11.9 Å². The molecule has 0 radical (unpaired) electrons. The molecular formula is C24H28N4O6S2. The smallest absolute Gasteiger partial charge is 0.323 e. The van der Waals surface area contributed by atoms with Crippen molar-refractivity contribution in [2.45, 2.75) is 46.6 Å². The van der Waals surface area contributed by atoms with Crippen molar-refractivity contribution in [2.24, 2.45) is 5.92 Å². The third kappa shape index (κ3) is 5.47. The predicted molar refractivity (Wildman–Crippen MR) is 140 cm³/mol. The van der Waals surface area contributed by atoms with Gasteiger partial charge in [-0.2, -0.15) is 5.26 Å². The Morgan fingerprint density at radius 3 is 2.67 bits per heavy atom. The Labute approximate surface area is 218 Å². The number of carboxylic acid groups (broad SMARTS) is 1. The van der Waals surface area contributed by atoms with E-state index in [9.17, 15) is 24.4 Å². The maximum atomic E-state index is 13.3. The van der Waals surface area contributed by atoms with E-state index in [1.165, 1.54) is 4.57 Å². The van der Waals surface area contributed by atoms with Gasteiger partial charge in [0.25, 0.3) is 11.5 Å². The maximum absolute atomic E-state index is 13.3. The van der Waals surface area contributed by atoms with E-state index in [0.717, 1.165) is 16.7 Å². The molecule has 3 rings (SSSR count). The van der Waals surface area contributed by atoms with Crippen molar-refractivity contribution >= 4 is 58.0 Å². The van der Waals surface area contributed by atoms with E-state index in [4.69, 9.17) is 22.1 Å². The van der Waals surface area contributed by atoms with Crippen LogP contribution in [0.15, 0.2) is 9.70 Å². The van der Waals surface area contributed by atoms with Gasteiger partial charge in [-0.05, 0) is 44.7 Å². The first-order valence-electron chi connectivity index (χ1n) is 11.7. The minimum Gasteiger partial charge on any atom is -0.480 e. The number of nitriles is 1. The summed E-state index contributed by atoms with van der Waals surface area (Å²) in [4.78, 5) is 53.1. The van der Waals surface area contributed by atoms with Gasteiger partial charge in [0.1, 0.15) is 28.3 Å².